The van der Waals surface area contributed by atoms with Crippen molar-refractivity contribution in [2.75, 3.05) is 19.8 Å². The Balaban J connectivity index is 4.38. The molecular weight excluding hydrogens is 765 g/mol. The maximum atomic E-state index is 12.8. The van der Waals surface area contributed by atoms with E-state index >= 15 is 0 Å². The van der Waals surface area contributed by atoms with Gasteiger partial charge in [-0.3, -0.25) is 9.59 Å². The van der Waals surface area contributed by atoms with E-state index in [1.54, 1.807) is 0 Å². The van der Waals surface area contributed by atoms with Gasteiger partial charge in [0.15, 0.2) is 6.10 Å². The van der Waals surface area contributed by atoms with Crippen LogP contribution in [0.2, 0.25) is 0 Å². The molecular formula is C57H94O5. The van der Waals surface area contributed by atoms with Crippen molar-refractivity contribution in [3.05, 3.63) is 109 Å². The third-order valence-corrected chi connectivity index (χ3v) is 10.3. The molecule has 0 aromatic heterocycles. The van der Waals surface area contributed by atoms with Crippen molar-refractivity contribution in [1.82, 2.24) is 0 Å². The molecule has 0 aromatic carbocycles. The van der Waals surface area contributed by atoms with Gasteiger partial charge in [-0.25, -0.2) is 0 Å². The summed E-state index contributed by atoms with van der Waals surface area (Å²) >= 11 is 0. The molecule has 0 aliphatic rings. The second-order valence-corrected chi connectivity index (χ2v) is 16.3. The Morgan fingerprint density at radius 3 is 1.16 bits per heavy atom. The van der Waals surface area contributed by atoms with Crippen molar-refractivity contribution in [2.45, 2.75) is 219 Å². The second-order valence-electron chi connectivity index (χ2n) is 16.3. The predicted molar refractivity (Wildman–Crippen MR) is 269 cm³/mol. The fourth-order valence-corrected chi connectivity index (χ4v) is 6.55. The maximum Gasteiger partial charge on any atom is 0.306 e. The number of carbonyl (C=O) groups excluding carboxylic acids is 2. The second kappa shape index (κ2) is 51.9. The summed E-state index contributed by atoms with van der Waals surface area (Å²) in [6.45, 7) is 7.46. The molecule has 0 fully saturated rings. The third kappa shape index (κ3) is 49.2. The van der Waals surface area contributed by atoms with Gasteiger partial charge < -0.3 is 14.2 Å². The zero-order valence-electron chi connectivity index (χ0n) is 40.3. The predicted octanol–water partition coefficient (Wildman–Crippen LogP) is 17.2. The number of hydrogen-bond acceptors (Lipinski definition) is 5. The van der Waals surface area contributed by atoms with Crippen LogP contribution < -0.4 is 0 Å². The molecule has 5 heteroatoms. The number of rotatable bonds is 45. The fraction of sp³-hybridized carbons (Fsp3) is 0.649. The average Bonchev–Trinajstić information content (AvgIpc) is 3.27. The van der Waals surface area contributed by atoms with E-state index in [0.29, 0.717) is 19.4 Å². The monoisotopic (exact) mass is 859 g/mol. The molecule has 352 valence electrons. The summed E-state index contributed by atoms with van der Waals surface area (Å²) in [7, 11) is 0. The van der Waals surface area contributed by atoms with Crippen LogP contribution in [0.1, 0.15) is 213 Å². The molecule has 0 rings (SSSR count). The van der Waals surface area contributed by atoms with E-state index in [1.807, 2.05) is 0 Å². The fourth-order valence-electron chi connectivity index (χ4n) is 6.55. The van der Waals surface area contributed by atoms with Gasteiger partial charge in [0.05, 0.1) is 6.61 Å². The minimum Gasteiger partial charge on any atom is -0.462 e. The van der Waals surface area contributed by atoms with Gasteiger partial charge in [0.2, 0.25) is 0 Å². The van der Waals surface area contributed by atoms with Crippen molar-refractivity contribution in [3.63, 3.8) is 0 Å². The summed E-state index contributed by atoms with van der Waals surface area (Å²) in [5.41, 5.74) is 0. The minimum atomic E-state index is -0.567. The molecule has 0 aliphatic heterocycles. The Hall–Kier alpha value is -3.44. The molecule has 0 aromatic rings. The molecule has 0 saturated heterocycles. The number of hydrogen-bond donors (Lipinski definition) is 0. The zero-order valence-corrected chi connectivity index (χ0v) is 40.3. The molecule has 0 N–H and O–H groups in total. The van der Waals surface area contributed by atoms with Crippen LogP contribution in [0.5, 0.6) is 0 Å². The molecule has 1 atom stereocenters. The van der Waals surface area contributed by atoms with Crippen molar-refractivity contribution in [1.29, 1.82) is 0 Å². The van der Waals surface area contributed by atoms with E-state index in [2.05, 4.69) is 130 Å². The highest BCUT2D eigenvalue weighted by molar-refractivity contribution is 5.70. The molecule has 0 saturated carbocycles. The summed E-state index contributed by atoms with van der Waals surface area (Å²) < 4.78 is 17.4. The number of allylic oxidation sites excluding steroid dienone is 18. The molecule has 62 heavy (non-hydrogen) atoms. The van der Waals surface area contributed by atoms with Gasteiger partial charge in [-0.1, -0.05) is 194 Å². The quantitative estimate of drug-likeness (QED) is 0.0347. The average molecular weight is 859 g/mol. The van der Waals surface area contributed by atoms with E-state index in [1.165, 1.54) is 51.4 Å². The Kier molecular flexibility index (Phi) is 49.0. The Morgan fingerprint density at radius 1 is 0.371 bits per heavy atom. The van der Waals surface area contributed by atoms with Crippen LogP contribution in [-0.2, 0) is 23.8 Å². The topological polar surface area (TPSA) is 61.8 Å². The van der Waals surface area contributed by atoms with E-state index in [0.717, 1.165) is 128 Å². The van der Waals surface area contributed by atoms with Gasteiger partial charge in [0, 0.05) is 19.4 Å². The molecule has 0 amide bonds. The maximum absolute atomic E-state index is 12.8. The lowest BCUT2D eigenvalue weighted by Gasteiger charge is -2.18. The SMILES string of the molecule is CC/C=C\C/C=C\C/C=C\C/C=C\CCCCCCC(=O)OCC(COCCCCCCCC/C=C\C/C=C\CCC)OC(=O)CCCCCCC/C=C\C/C=C\C/C=C\CC. The molecule has 0 aliphatic carbocycles. The Labute approximate surface area is 383 Å². The smallest absolute Gasteiger partial charge is 0.306 e. The molecule has 0 heterocycles. The van der Waals surface area contributed by atoms with Crippen molar-refractivity contribution in [2.24, 2.45) is 0 Å². The summed E-state index contributed by atoms with van der Waals surface area (Å²) in [6, 6.07) is 0. The highest BCUT2D eigenvalue weighted by Gasteiger charge is 2.17. The van der Waals surface area contributed by atoms with Crippen LogP contribution in [0.4, 0.5) is 0 Å². The standard InChI is InChI=1S/C57H94O5/c1-4-7-10-13-16-19-22-25-28-29-31-32-35-38-41-44-47-50-56(58)61-54-55(53-60-52-49-46-43-40-37-34-27-24-21-18-15-12-9-6-3)62-57(59)51-48-45-42-39-36-33-30-26-23-20-17-14-11-8-5-2/h7-8,10-12,15-17,19-21,24-26,28,30-32,55H,4-6,9,13-14,18,22-23,27,29,33-54H2,1-3H3/b10-7-,11-8-,15-12-,19-16-,20-17-,24-21-,28-25-,30-26-,32-31-. The highest BCUT2D eigenvalue weighted by Crippen LogP contribution is 2.12. The largest absolute Gasteiger partial charge is 0.462 e. The van der Waals surface area contributed by atoms with Crippen molar-refractivity contribution in [3.8, 4) is 0 Å². The Bertz CT molecular complexity index is 1250. The summed E-state index contributed by atoms with van der Waals surface area (Å²) in [5.74, 6) is -0.456. The van der Waals surface area contributed by atoms with Gasteiger partial charge in [-0.15, -0.1) is 0 Å². The van der Waals surface area contributed by atoms with E-state index in [-0.39, 0.29) is 25.2 Å². The van der Waals surface area contributed by atoms with Gasteiger partial charge >= 0.3 is 11.9 Å². The first-order chi connectivity index (χ1) is 30.6. The first-order valence-corrected chi connectivity index (χ1v) is 25.4. The molecule has 5 nitrogen and oxygen atoms in total. The van der Waals surface area contributed by atoms with Crippen molar-refractivity contribution >= 4 is 11.9 Å². The molecule has 0 bridgehead atoms. The van der Waals surface area contributed by atoms with Crippen LogP contribution in [0.25, 0.3) is 0 Å². The summed E-state index contributed by atoms with van der Waals surface area (Å²) in [5, 5.41) is 0. The van der Waals surface area contributed by atoms with Gasteiger partial charge in [0.1, 0.15) is 6.61 Å². The van der Waals surface area contributed by atoms with Gasteiger partial charge in [-0.05, 0) is 116 Å². The number of carbonyl (C=O) groups is 2. The van der Waals surface area contributed by atoms with Crippen LogP contribution in [0, 0.1) is 0 Å². The summed E-state index contributed by atoms with van der Waals surface area (Å²) in [6.07, 6.45) is 70.9. The van der Waals surface area contributed by atoms with Crippen LogP contribution >= 0.6 is 0 Å². The number of unbranched alkanes of at least 4 members (excludes halogenated alkanes) is 16. The first kappa shape index (κ1) is 58.6. The van der Waals surface area contributed by atoms with Gasteiger partial charge in [-0.2, -0.15) is 0 Å². The number of esters is 2. The van der Waals surface area contributed by atoms with Crippen molar-refractivity contribution < 1.29 is 23.8 Å². The molecule has 1 unspecified atom stereocenters. The normalized spacial score (nSPS) is 13.1. The minimum absolute atomic E-state index is 0.0547. The number of ether oxygens (including phenoxy) is 3. The third-order valence-electron chi connectivity index (χ3n) is 10.3. The lowest BCUT2D eigenvalue weighted by Crippen LogP contribution is -2.30. The van der Waals surface area contributed by atoms with E-state index in [9.17, 15) is 9.59 Å². The van der Waals surface area contributed by atoms with E-state index in [4.69, 9.17) is 14.2 Å². The van der Waals surface area contributed by atoms with E-state index < -0.39 is 6.10 Å². The first-order valence-electron chi connectivity index (χ1n) is 25.4. The zero-order chi connectivity index (χ0) is 44.9. The molecule has 0 radical (unpaired) electrons. The van der Waals surface area contributed by atoms with Crippen LogP contribution in [-0.4, -0.2) is 37.9 Å². The van der Waals surface area contributed by atoms with Gasteiger partial charge in [0.25, 0.3) is 0 Å². The van der Waals surface area contributed by atoms with Crippen LogP contribution in [0.3, 0.4) is 0 Å². The lowest BCUT2D eigenvalue weighted by molar-refractivity contribution is -0.163. The lowest BCUT2D eigenvalue weighted by atomic mass is 10.1. The summed E-state index contributed by atoms with van der Waals surface area (Å²) in [4.78, 5) is 25.4. The highest BCUT2D eigenvalue weighted by atomic mass is 16.6. The van der Waals surface area contributed by atoms with Crippen LogP contribution in [0.15, 0.2) is 109 Å². The Morgan fingerprint density at radius 2 is 0.726 bits per heavy atom. The molecule has 0 spiro atoms.